The van der Waals surface area contributed by atoms with Crippen LogP contribution in [0.2, 0.25) is 5.15 Å². The van der Waals surface area contributed by atoms with Crippen LogP contribution in [0.1, 0.15) is 18.4 Å². The first-order chi connectivity index (χ1) is 11.1. The molecule has 4 N–H and O–H groups in total. The molecule has 23 heavy (non-hydrogen) atoms. The minimum absolute atomic E-state index is 0.0269. The summed E-state index contributed by atoms with van der Waals surface area (Å²) in [6, 6.07) is 9.93. The molecule has 0 spiro atoms. The van der Waals surface area contributed by atoms with Crippen LogP contribution in [0.5, 0.6) is 0 Å². The molecule has 0 bridgehead atoms. The van der Waals surface area contributed by atoms with E-state index in [2.05, 4.69) is 15.3 Å². The second-order valence-corrected chi connectivity index (χ2v) is 6.00. The van der Waals surface area contributed by atoms with E-state index in [9.17, 15) is 5.11 Å². The topological polar surface area (TPSA) is 93.3 Å². The van der Waals surface area contributed by atoms with Crippen molar-refractivity contribution >= 4 is 23.1 Å². The highest BCUT2D eigenvalue weighted by Gasteiger charge is 2.34. The summed E-state index contributed by atoms with van der Waals surface area (Å²) in [5.41, 5.74) is 7.25. The van der Waals surface area contributed by atoms with Crippen molar-refractivity contribution in [3.63, 3.8) is 0 Å². The van der Waals surface area contributed by atoms with Crippen LogP contribution in [0.15, 0.2) is 36.7 Å². The fourth-order valence-electron chi connectivity index (χ4n) is 2.73. The molecule has 3 rings (SSSR count). The van der Waals surface area contributed by atoms with Gasteiger partial charge in [-0.15, -0.1) is 0 Å². The predicted octanol–water partition coefficient (Wildman–Crippen LogP) is 2.23. The van der Waals surface area contributed by atoms with Crippen molar-refractivity contribution in [2.24, 2.45) is 0 Å². The van der Waals surface area contributed by atoms with E-state index >= 15 is 0 Å². The zero-order valence-electron chi connectivity index (χ0n) is 12.5. The van der Waals surface area contributed by atoms with Gasteiger partial charge in [0.05, 0.1) is 18.8 Å². The average Bonchev–Trinajstić information content (AvgIpc) is 2.90. The van der Waals surface area contributed by atoms with Crippen LogP contribution in [0, 0.1) is 0 Å². The first-order valence-corrected chi connectivity index (χ1v) is 7.87. The van der Waals surface area contributed by atoms with E-state index in [1.807, 2.05) is 30.3 Å². The summed E-state index contributed by atoms with van der Waals surface area (Å²) in [6.07, 6.45) is 1.87. The van der Waals surface area contributed by atoms with Crippen LogP contribution >= 0.6 is 11.6 Å². The van der Waals surface area contributed by atoms with Crippen LogP contribution < -0.4 is 11.1 Å². The molecule has 0 radical (unpaired) electrons. The normalized spacial score (nSPS) is 23.8. The van der Waals surface area contributed by atoms with Crippen molar-refractivity contribution in [2.75, 3.05) is 11.1 Å². The molecule has 2 aromatic rings. The van der Waals surface area contributed by atoms with E-state index in [4.69, 9.17) is 22.1 Å². The van der Waals surface area contributed by atoms with Gasteiger partial charge in [0.2, 0.25) is 0 Å². The largest absolute Gasteiger partial charge is 0.393 e. The fourth-order valence-corrected chi connectivity index (χ4v) is 2.87. The number of ether oxygens (including phenoxy) is 1. The minimum Gasteiger partial charge on any atom is -0.393 e. The summed E-state index contributed by atoms with van der Waals surface area (Å²) in [7, 11) is 0. The van der Waals surface area contributed by atoms with Crippen molar-refractivity contribution in [3.8, 4) is 0 Å². The van der Waals surface area contributed by atoms with Gasteiger partial charge in [-0.1, -0.05) is 41.9 Å². The van der Waals surface area contributed by atoms with Crippen LogP contribution in [0.25, 0.3) is 0 Å². The Balaban J connectivity index is 1.57. The van der Waals surface area contributed by atoms with E-state index in [1.165, 1.54) is 6.33 Å². The monoisotopic (exact) mass is 334 g/mol. The smallest absolute Gasteiger partial charge is 0.157 e. The van der Waals surface area contributed by atoms with Gasteiger partial charge in [-0.2, -0.15) is 0 Å². The molecule has 1 aliphatic rings. The highest BCUT2D eigenvalue weighted by molar-refractivity contribution is 6.32. The Hall–Kier alpha value is -1.89. The zero-order valence-corrected chi connectivity index (χ0v) is 13.3. The fraction of sp³-hybridized carbons (Fsp3) is 0.375. The predicted molar refractivity (Wildman–Crippen MR) is 89.1 cm³/mol. The van der Waals surface area contributed by atoms with Gasteiger partial charge in [0.1, 0.15) is 12.0 Å². The van der Waals surface area contributed by atoms with E-state index in [0.29, 0.717) is 31.0 Å². The number of hydrogen-bond acceptors (Lipinski definition) is 6. The van der Waals surface area contributed by atoms with Crippen LogP contribution in [0.3, 0.4) is 0 Å². The Kier molecular flexibility index (Phi) is 4.95. The van der Waals surface area contributed by atoms with Gasteiger partial charge >= 0.3 is 0 Å². The van der Waals surface area contributed by atoms with Crippen molar-refractivity contribution < 1.29 is 9.84 Å². The third-order valence-electron chi connectivity index (χ3n) is 3.96. The van der Waals surface area contributed by atoms with Crippen LogP contribution in [-0.4, -0.2) is 33.3 Å². The van der Waals surface area contributed by atoms with Gasteiger partial charge in [-0.05, 0) is 18.4 Å². The lowest BCUT2D eigenvalue weighted by Crippen LogP contribution is -2.22. The summed E-state index contributed by atoms with van der Waals surface area (Å²) in [4.78, 5) is 7.91. The highest BCUT2D eigenvalue weighted by Crippen LogP contribution is 2.29. The lowest BCUT2D eigenvalue weighted by Gasteiger charge is -2.16. The molecule has 6 nitrogen and oxygen atoms in total. The van der Waals surface area contributed by atoms with E-state index in [1.54, 1.807) is 0 Å². The third kappa shape index (κ3) is 3.90. The average molecular weight is 335 g/mol. The van der Waals surface area contributed by atoms with Crippen molar-refractivity contribution in [1.82, 2.24) is 9.97 Å². The first kappa shape index (κ1) is 16.0. The van der Waals surface area contributed by atoms with E-state index in [-0.39, 0.29) is 17.3 Å². The van der Waals surface area contributed by atoms with Gasteiger partial charge < -0.3 is 20.9 Å². The Morgan fingerprint density at radius 2 is 2.04 bits per heavy atom. The molecule has 0 saturated heterocycles. The number of hydrogen-bond donors (Lipinski definition) is 3. The van der Waals surface area contributed by atoms with Gasteiger partial charge in [-0.25, -0.2) is 9.97 Å². The second-order valence-electron chi connectivity index (χ2n) is 5.64. The molecule has 1 heterocycles. The maximum absolute atomic E-state index is 10.2. The molecule has 1 aliphatic carbocycles. The SMILES string of the molecule is Nc1c(Cl)ncnc1N[C@H]1C[C@H](OCc2ccccc2)[C@@H](O)C1. The number of aliphatic hydroxyl groups is 1. The number of aliphatic hydroxyl groups excluding tert-OH is 1. The van der Waals surface area contributed by atoms with Crippen molar-refractivity contribution in [3.05, 3.63) is 47.4 Å². The number of rotatable bonds is 5. The van der Waals surface area contributed by atoms with Gasteiger partial charge in [-0.3, -0.25) is 0 Å². The number of halogens is 1. The number of benzene rings is 1. The number of nitrogens with one attached hydrogen (secondary N) is 1. The van der Waals surface area contributed by atoms with Gasteiger partial charge in [0.25, 0.3) is 0 Å². The second kappa shape index (κ2) is 7.12. The van der Waals surface area contributed by atoms with Gasteiger partial charge in [0, 0.05) is 6.04 Å². The Morgan fingerprint density at radius 1 is 1.26 bits per heavy atom. The molecule has 1 aromatic carbocycles. The zero-order chi connectivity index (χ0) is 16.2. The van der Waals surface area contributed by atoms with Crippen molar-refractivity contribution in [1.29, 1.82) is 0 Å². The quantitative estimate of drug-likeness (QED) is 0.726. The molecule has 7 heteroatoms. The van der Waals surface area contributed by atoms with E-state index < -0.39 is 6.10 Å². The summed E-state index contributed by atoms with van der Waals surface area (Å²) >= 11 is 5.88. The molecule has 122 valence electrons. The van der Waals surface area contributed by atoms with Crippen LogP contribution in [0.4, 0.5) is 11.5 Å². The summed E-state index contributed by atoms with van der Waals surface area (Å²) in [5, 5.41) is 13.6. The third-order valence-corrected chi connectivity index (χ3v) is 4.26. The molecule has 0 aliphatic heterocycles. The number of nitrogens with zero attached hydrogens (tertiary/aromatic N) is 2. The maximum Gasteiger partial charge on any atom is 0.157 e. The maximum atomic E-state index is 10.2. The molecule has 1 aromatic heterocycles. The molecule has 0 amide bonds. The summed E-state index contributed by atoms with van der Waals surface area (Å²) < 4.78 is 5.84. The Morgan fingerprint density at radius 3 is 2.83 bits per heavy atom. The summed E-state index contributed by atoms with van der Waals surface area (Å²) in [6.45, 7) is 0.483. The molecule has 0 unspecified atom stereocenters. The first-order valence-electron chi connectivity index (χ1n) is 7.49. The highest BCUT2D eigenvalue weighted by atomic mass is 35.5. The van der Waals surface area contributed by atoms with E-state index in [0.717, 1.165) is 5.56 Å². The summed E-state index contributed by atoms with van der Waals surface area (Å²) in [5.74, 6) is 0.492. The molecular weight excluding hydrogens is 316 g/mol. The lowest BCUT2D eigenvalue weighted by molar-refractivity contribution is -0.0273. The Labute approximate surface area is 139 Å². The number of aromatic nitrogens is 2. The number of anilines is 2. The van der Waals surface area contributed by atoms with Gasteiger partial charge in [0.15, 0.2) is 11.0 Å². The standard InChI is InChI=1S/C16H19ClN4O2/c17-15-14(18)16(20-9-19-15)21-11-6-12(22)13(7-11)23-8-10-4-2-1-3-5-10/h1-5,9,11-13,22H,6-8,18H2,(H,19,20,21)/t11-,12+,13+/m1/s1. The molecule has 3 atom stereocenters. The van der Waals surface area contributed by atoms with Crippen molar-refractivity contribution in [2.45, 2.75) is 37.7 Å². The Bertz CT molecular complexity index is 656. The molecule has 1 fully saturated rings. The van der Waals surface area contributed by atoms with Crippen LogP contribution in [-0.2, 0) is 11.3 Å². The minimum atomic E-state index is -0.519. The number of nitrogen functional groups attached to an aromatic ring is 1. The number of nitrogens with two attached hydrogens (primary N) is 1. The lowest BCUT2D eigenvalue weighted by atomic mass is 10.2. The molecular formula is C16H19ClN4O2. The molecule has 1 saturated carbocycles.